The molecule has 214 valence electrons. The zero-order valence-electron chi connectivity index (χ0n) is 20.4. The zero-order chi connectivity index (χ0) is 29.6. The highest BCUT2D eigenvalue weighted by molar-refractivity contribution is 8.00. The summed E-state index contributed by atoms with van der Waals surface area (Å²) in [5.74, 6) is -5.64. The maximum Gasteiger partial charge on any atom is 0.416 e. The third kappa shape index (κ3) is 5.69. The Morgan fingerprint density at radius 2 is 1.88 bits per heavy atom. The Hall–Kier alpha value is -3.82. The molecule has 0 bridgehead atoms. The van der Waals surface area contributed by atoms with Gasteiger partial charge in [0, 0.05) is 27.1 Å². The number of carbonyl (C=O) groups is 4. The van der Waals surface area contributed by atoms with Crippen molar-refractivity contribution >= 4 is 64.1 Å². The van der Waals surface area contributed by atoms with Crippen LogP contribution in [-0.4, -0.2) is 57.1 Å². The van der Waals surface area contributed by atoms with Crippen molar-refractivity contribution in [3.8, 4) is 5.75 Å². The fourth-order valence-electron chi connectivity index (χ4n) is 4.71. The number of hydrogen-bond acceptors (Lipinski definition) is 8. The number of ether oxygens (including phenoxy) is 1. The molecular weight excluding hydrogens is 611 g/mol. The Morgan fingerprint density at radius 1 is 1.12 bits per heavy atom. The van der Waals surface area contributed by atoms with E-state index in [1.54, 1.807) is 0 Å². The first-order valence-corrected chi connectivity index (χ1v) is 13.8. The van der Waals surface area contributed by atoms with Gasteiger partial charge in [0.2, 0.25) is 11.8 Å². The van der Waals surface area contributed by atoms with Crippen molar-refractivity contribution in [1.82, 2.24) is 9.88 Å². The SMILES string of the molecule is O=C(O)CN1C(=O)[C@@H]2[C@H](c3cc(Cl)ccc3OCC(=O)Nc3cccc(C(F)(F)F)c3)c3sc(=O)[nH]c3S[C@@H]2C1=O. The fourth-order valence-corrected chi connectivity index (χ4v) is 7.42. The normalized spacial score (nSPS) is 20.0. The number of aromatic amines is 1. The second-order valence-electron chi connectivity index (χ2n) is 9.00. The number of thiazole rings is 1. The molecule has 3 amide bonds. The van der Waals surface area contributed by atoms with Crippen molar-refractivity contribution in [3.05, 3.63) is 73.2 Å². The van der Waals surface area contributed by atoms with Gasteiger partial charge in [-0.2, -0.15) is 13.2 Å². The molecule has 3 atom stereocenters. The number of imide groups is 1. The van der Waals surface area contributed by atoms with E-state index in [-0.39, 0.29) is 22.0 Å². The number of anilines is 1. The molecule has 10 nitrogen and oxygen atoms in total. The number of aromatic nitrogens is 1. The van der Waals surface area contributed by atoms with Crippen LogP contribution in [0, 0.1) is 5.92 Å². The van der Waals surface area contributed by atoms with E-state index in [2.05, 4.69) is 10.3 Å². The first-order chi connectivity index (χ1) is 19.3. The molecule has 0 aliphatic carbocycles. The molecule has 0 saturated carbocycles. The molecule has 3 aromatic rings. The van der Waals surface area contributed by atoms with Crippen LogP contribution in [-0.2, 0) is 25.4 Å². The van der Waals surface area contributed by atoms with E-state index in [4.69, 9.17) is 16.3 Å². The number of nitrogens with one attached hydrogen (secondary N) is 2. The Bertz CT molecular complexity index is 1640. The molecule has 0 radical (unpaired) electrons. The second-order valence-corrected chi connectivity index (χ2v) is 11.6. The molecule has 1 fully saturated rings. The molecule has 16 heteroatoms. The van der Waals surface area contributed by atoms with Gasteiger partial charge in [-0.15, -0.1) is 0 Å². The first kappa shape index (κ1) is 28.7. The highest BCUT2D eigenvalue weighted by atomic mass is 35.5. The molecule has 1 aromatic heterocycles. The minimum atomic E-state index is -4.60. The lowest BCUT2D eigenvalue weighted by atomic mass is 9.82. The minimum Gasteiger partial charge on any atom is -0.483 e. The molecule has 3 N–H and O–H groups in total. The van der Waals surface area contributed by atoms with Crippen molar-refractivity contribution in [3.63, 3.8) is 0 Å². The van der Waals surface area contributed by atoms with Crippen LogP contribution in [0.2, 0.25) is 5.02 Å². The smallest absolute Gasteiger partial charge is 0.416 e. The van der Waals surface area contributed by atoms with Crippen molar-refractivity contribution < 1.29 is 42.2 Å². The Kier molecular flexibility index (Phi) is 7.61. The van der Waals surface area contributed by atoms with Crippen LogP contribution >= 0.6 is 34.7 Å². The zero-order valence-corrected chi connectivity index (χ0v) is 22.7. The summed E-state index contributed by atoms with van der Waals surface area (Å²) in [5, 5.41) is 11.1. The van der Waals surface area contributed by atoms with Gasteiger partial charge in [-0.1, -0.05) is 40.8 Å². The van der Waals surface area contributed by atoms with Gasteiger partial charge >= 0.3 is 17.0 Å². The molecule has 0 spiro atoms. The summed E-state index contributed by atoms with van der Waals surface area (Å²) >= 11 is 8.02. The number of fused-ring (bicyclic) bond motifs is 2. The van der Waals surface area contributed by atoms with E-state index >= 15 is 0 Å². The van der Waals surface area contributed by atoms with Crippen molar-refractivity contribution in [1.29, 1.82) is 0 Å². The molecule has 2 aromatic carbocycles. The average Bonchev–Trinajstić information content (AvgIpc) is 3.38. The minimum absolute atomic E-state index is 0.0629. The molecule has 2 aliphatic heterocycles. The summed E-state index contributed by atoms with van der Waals surface area (Å²) in [6, 6.07) is 8.36. The lowest BCUT2D eigenvalue weighted by Gasteiger charge is -2.31. The van der Waals surface area contributed by atoms with Crippen LogP contribution in [0.15, 0.2) is 52.3 Å². The third-order valence-electron chi connectivity index (χ3n) is 6.35. The van der Waals surface area contributed by atoms with E-state index in [0.717, 1.165) is 41.3 Å². The largest absolute Gasteiger partial charge is 0.483 e. The number of thioether (sulfide) groups is 1. The van der Waals surface area contributed by atoms with Crippen molar-refractivity contribution in [2.45, 2.75) is 22.4 Å². The summed E-state index contributed by atoms with van der Waals surface area (Å²) in [7, 11) is 0. The number of carbonyl (C=O) groups excluding carboxylic acids is 3. The maximum absolute atomic E-state index is 13.4. The number of hydrogen-bond donors (Lipinski definition) is 3. The molecule has 1 saturated heterocycles. The number of amides is 3. The summed E-state index contributed by atoms with van der Waals surface area (Å²) in [6.45, 7) is -1.48. The number of rotatable bonds is 7. The third-order valence-corrected chi connectivity index (χ3v) is 8.98. The van der Waals surface area contributed by atoms with E-state index in [1.165, 1.54) is 24.3 Å². The summed E-state index contributed by atoms with van der Waals surface area (Å²) in [6.07, 6.45) is -4.60. The van der Waals surface area contributed by atoms with Gasteiger partial charge in [-0.25, -0.2) is 0 Å². The van der Waals surface area contributed by atoms with Gasteiger partial charge in [0.05, 0.1) is 16.5 Å². The van der Waals surface area contributed by atoms with Gasteiger partial charge in [0.15, 0.2) is 6.61 Å². The number of aliphatic carboxylic acids is 1. The number of benzene rings is 2. The van der Waals surface area contributed by atoms with E-state index in [9.17, 15) is 42.3 Å². The number of nitrogens with zero attached hydrogens (tertiary/aromatic N) is 1. The molecule has 41 heavy (non-hydrogen) atoms. The lowest BCUT2D eigenvalue weighted by Crippen LogP contribution is -2.36. The number of alkyl halides is 3. The van der Waals surface area contributed by atoms with Crippen LogP contribution in [0.3, 0.4) is 0 Å². The Morgan fingerprint density at radius 3 is 2.59 bits per heavy atom. The first-order valence-electron chi connectivity index (χ1n) is 11.7. The molecular formula is C25H17ClF3N3O7S2. The second kappa shape index (κ2) is 10.9. The van der Waals surface area contributed by atoms with E-state index in [0.29, 0.717) is 14.8 Å². The number of carboxylic acid groups (broad SMARTS) is 1. The summed E-state index contributed by atoms with van der Waals surface area (Å²) < 4.78 is 44.8. The lowest BCUT2D eigenvalue weighted by molar-refractivity contribution is -0.149. The number of halogens is 4. The summed E-state index contributed by atoms with van der Waals surface area (Å²) in [4.78, 5) is 65.9. The van der Waals surface area contributed by atoms with Crippen LogP contribution in [0.25, 0.3) is 0 Å². The Balaban J connectivity index is 1.46. The van der Waals surface area contributed by atoms with Crippen LogP contribution in [0.1, 0.15) is 21.9 Å². The highest BCUT2D eigenvalue weighted by Crippen LogP contribution is 2.54. The predicted molar refractivity (Wildman–Crippen MR) is 141 cm³/mol. The molecule has 0 unspecified atom stereocenters. The maximum atomic E-state index is 13.4. The Labute approximate surface area is 241 Å². The number of carboxylic acids is 1. The van der Waals surface area contributed by atoms with Crippen molar-refractivity contribution in [2.24, 2.45) is 5.92 Å². The van der Waals surface area contributed by atoms with Gasteiger partial charge in [-0.05, 0) is 36.4 Å². The van der Waals surface area contributed by atoms with Gasteiger partial charge in [0.1, 0.15) is 17.5 Å². The molecule has 5 rings (SSSR count). The van der Waals surface area contributed by atoms with Crippen molar-refractivity contribution in [2.75, 3.05) is 18.5 Å². The number of H-pyrrole nitrogens is 1. The highest BCUT2D eigenvalue weighted by Gasteiger charge is 2.56. The average molecular weight is 628 g/mol. The van der Waals surface area contributed by atoms with Crippen LogP contribution < -0.4 is 14.9 Å². The van der Waals surface area contributed by atoms with E-state index < -0.39 is 70.5 Å². The number of likely N-dealkylation sites (tertiary alicyclic amines) is 1. The van der Waals surface area contributed by atoms with E-state index in [1.807, 2.05) is 0 Å². The predicted octanol–water partition coefficient (Wildman–Crippen LogP) is 3.80. The van der Waals surface area contributed by atoms with Crippen LogP contribution in [0.4, 0.5) is 18.9 Å². The van der Waals surface area contributed by atoms with Crippen LogP contribution in [0.5, 0.6) is 5.75 Å². The summed E-state index contributed by atoms with van der Waals surface area (Å²) in [5.41, 5.74) is -0.795. The van der Waals surface area contributed by atoms with Gasteiger partial charge in [-0.3, -0.25) is 28.9 Å². The fraction of sp³-hybridized carbons (Fsp3) is 0.240. The monoisotopic (exact) mass is 627 g/mol. The molecule has 3 heterocycles. The standard InChI is InChI=1S/C25H17ClF3N3O7S2/c26-11-4-5-14(39-9-15(33)30-12-3-1-2-10(6-12)25(27,28)29)13(7-11)17-18-20(40-21-19(17)41-24(38)31-21)23(37)32(22(18)36)8-16(34)35/h1-7,17-18,20H,8-9H2,(H,30,33)(H,31,38)(H,34,35)/t17-,18+,20-/m0/s1. The molecule has 2 aliphatic rings. The quantitative estimate of drug-likeness (QED) is 0.336. The van der Waals surface area contributed by atoms with Gasteiger partial charge < -0.3 is 20.1 Å². The topological polar surface area (TPSA) is 146 Å². The van der Waals surface area contributed by atoms with Gasteiger partial charge in [0.25, 0.3) is 5.91 Å².